The fraction of sp³-hybridized carbons (Fsp3) is 0.0769. The van der Waals surface area contributed by atoms with Crippen molar-refractivity contribution in [3.8, 4) is 5.75 Å². The summed E-state index contributed by atoms with van der Waals surface area (Å²) in [7, 11) is 0. The van der Waals surface area contributed by atoms with E-state index in [-0.39, 0.29) is 0 Å². The summed E-state index contributed by atoms with van der Waals surface area (Å²) in [6, 6.07) is 13.0. The summed E-state index contributed by atoms with van der Waals surface area (Å²) in [4.78, 5) is 0. The number of hydrogen-bond acceptors (Lipinski definition) is 1. The highest BCUT2D eigenvalue weighted by Crippen LogP contribution is 2.29. The second-order valence-electron chi connectivity index (χ2n) is 3.45. The third-order valence-corrected chi connectivity index (χ3v) is 3.56. The van der Waals surface area contributed by atoms with Gasteiger partial charge in [0.2, 0.25) is 0 Å². The lowest BCUT2D eigenvalue weighted by Gasteiger charge is -2.09. The van der Waals surface area contributed by atoms with Gasteiger partial charge in [-0.2, -0.15) is 0 Å². The van der Waals surface area contributed by atoms with E-state index >= 15 is 0 Å². The molecule has 2 aromatic rings. The summed E-state index contributed by atoms with van der Waals surface area (Å²) in [6.45, 7) is 0.446. The molecule has 0 aliphatic heterocycles. The van der Waals surface area contributed by atoms with Gasteiger partial charge in [-0.3, -0.25) is 0 Å². The third kappa shape index (κ3) is 3.38. The number of hydrogen-bond donors (Lipinski definition) is 0. The van der Waals surface area contributed by atoms with Crippen LogP contribution in [0.3, 0.4) is 0 Å². The van der Waals surface area contributed by atoms with E-state index in [9.17, 15) is 0 Å². The molecule has 88 valence electrons. The van der Waals surface area contributed by atoms with Crippen LogP contribution in [0.25, 0.3) is 0 Å². The first-order valence-electron chi connectivity index (χ1n) is 4.98. The van der Waals surface area contributed by atoms with Gasteiger partial charge in [-0.05, 0) is 18.2 Å². The molecule has 0 fully saturated rings. The molecule has 0 N–H and O–H groups in total. The van der Waals surface area contributed by atoms with Crippen molar-refractivity contribution in [1.29, 1.82) is 0 Å². The van der Waals surface area contributed by atoms with E-state index in [1.807, 2.05) is 24.3 Å². The summed E-state index contributed by atoms with van der Waals surface area (Å²) in [5.74, 6) is 0.593. The molecule has 1 nitrogen and oxygen atoms in total. The van der Waals surface area contributed by atoms with Gasteiger partial charge in [0.1, 0.15) is 12.4 Å². The maximum Gasteiger partial charge on any atom is 0.139 e. The topological polar surface area (TPSA) is 9.23 Å². The molecule has 2 rings (SSSR count). The summed E-state index contributed by atoms with van der Waals surface area (Å²) in [5.41, 5.74) is 1.06. The Morgan fingerprint density at radius 2 is 1.82 bits per heavy atom. The zero-order valence-corrected chi connectivity index (χ0v) is 11.9. The molecule has 0 saturated carbocycles. The van der Waals surface area contributed by atoms with Crippen molar-refractivity contribution in [3.05, 3.63) is 62.5 Å². The van der Waals surface area contributed by atoms with Crippen LogP contribution in [0, 0.1) is 0 Å². The lowest BCUT2D eigenvalue weighted by molar-refractivity contribution is 0.305. The Morgan fingerprint density at radius 1 is 1.06 bits per heavy atom. The smallest absolute Gasteiger partial charge is 0.139 e. The highest BCUT2D eigenvalue weighted by Gasteiger charge is 2.04. The van der Waals surface area contributed by atoms with Gasteiger partial charge in [0, 0.05) is 21.1 Å². The zero-order chi connectivity index (χ0) is 12.3. The second kappa shape index (κ2) is 5.76. The van der Waals surface area contributed by atoms with Crippen LogP contribution in [-0.2, 0) is 6.61 Å². The van der Waals surface area contributed by atoms with Gasteiger partial charge >= 0.3 is 0 Å². The highest BCUT2D eigenvalue weighted by atomic mass is 79.9. The normalized spacial score (nSPS) is 10.3. The molecule has 0 saturated heterocycles. The molecule has 0 bridgehead atoms. The lowest BCUT2D eigenvalue weighted by atomic mass is 10.2. The van der Waals surface area contributed by atoms with Crippen LogP contribution in [-0.4, -0.2) is 0 Å². The number of rotatable bonds is 3. The summed E-state index contributed by atoms with van der Waals surface area (Å²) in [5, 5.41) is 1.16. The number of benzene rings is 2. The van der Waals surface area contributed by atoms with Crippen molar-refractivity contribution in [3.63, 3.8) is 0 Å². The molecule has 0 heterocycles. The highest BCUT2D eigenvalue weighted by molar-refractivity contribution is 9.10. The van der Waals surface area contributed by atoms with E-state index in [1.54, 1.807) is 18.2 Å². The van der Waals surface area contributed by atoms with E-state index in [0.717, 1.165) is 10.0 Å². The van der Waals surface area contributed by atoms with Gasteiger partial charge in [0.15, 0.2) is 0 Å². The molecule has 0 spiro atoms. The number of ether oxygens (including phenoxy) is 1. The minimum absolute atomic E-state index is 0.446. The Labute approximate surface area is 118 Å². The van der Waals surface area contributed by atoms with Gasteiger partial charge in [0.05, 0.1) is 5.02 Å². The Hall–Kier alpha value is -0.700. The molecule has 2 aromatic carbocycles. The van der Waals surface area contributed by atoms with Crippen molar-refractivity contribution in [2.24, 2.45) is 0 Å². The third-order valence-electron chi connectivity index (χ3n) is 2.23. The van der Waals surface area contributed by atoms with E-state index in [1.165, 1.54) is 0 Å². The Bertz CT molecular complexity index is 529. The van der Waals surface area contributed by atoms with E-state index in [0.29, 0.717) is 22.4 Å². The molecule has 0 aromatic heterocycles. The first kappa shape index (κ1) is 12.7. The molecule has 0 aliphatic rings. The van der Waals surface area contributed by atoms with Crippen LogP contribution in [0.15, 0.2) is 46.9 Å². The molecule has 0 amide bonds. The van der Waals surface area contributed by atoms with Crippen molar-refractivity contribution < 1.29 is 4.74 Å². The van der Waals surface area contributed by atoms with Crippen LogP contribution >= 0.6 is 39.1 Å². The van der Waals surface area contributed by atoms with E-state index in [4.69, 9.17) is 27.9 Å². The Balaban J connectivity index is 2.12. The predicted octanol–water partition coefficient (Wildman–Crippen LogP) is 5.33. The van der Waals surface area contributed by atoms with Crippen molar-refractivity contribution >= 4 is 39.1 Å². The minimum Gasteiger partial charge on any atom is -0.487 e. The summed E-state index contributed by atoms with van der Waals surface area (Å²) < 4.78 is 6.65. The monoisotopic (exact) mass is 330 g/mol. The van der Waals surface area contributed by atoms with Gasteiger partial charge in [-0.25, -0.2) is 0 Å². The fourth-order valence-corrected chi connectivity index (χ4v) is 2.09. The molecule has 17 heavy (non-hydrogen) atoms. The maximum absolute atomic E-state index is 6.01. The predicted molar refractivity (Wildman–Crippen MR) is 74.9 cm³/mol. The van der Waals surface area contributed by atoms with Gasteiger partial charge < -0.3 is 4.74 Å². The van der Waals surface area contributed by atoms with Crippen LogP contribution in [0.5, 0.6) is 5.75 Å². The van der Waals surface area contributed by atoms with E-state index in [2.05, 4.69) is 15.9 Å². The molecule has 0 unspecified atom stereocenters. The van der Waals surface area contributed by atoms with Crippen molar-refractivity contribution in [2.75, 3.05) is 0 Å². The summed E-state index contributed by atoms with van der Waals surface area (Å²) >= 11 is 15.4. The number of halogens is 3. The molecular weight excluding hydrogens is 323 g/mol. The van der Waals surface area contributed by atoms with Crippen LogP contribution in [0.2, 0.25) is 10.0 Å². The maximum atomic E-state index is 6.01. The lowest BCUT2D eigenvalue weighted by Crippen LogP contribution is -1.96. The molecule has 4 heteroatoms. The van der Waals surface area contributed by atoms with Crippen molar-refractivity contribution in [2.45, 2.75) is 6.61 Å². The fourth-order valence-electron chi connectivity index (χ4n) is 1.36. The van der Waals surface area contributed by atoms with Gasteiger partial charge in [0.25, 0.3) is 0 Å². The molecule has 0 atom stereocenters. The van der Waals surface area contributed by atoms with Gasteiger partial charge in [-0.15, -0.1) is 0 Å². The Kier molecular flexibility index (Phi) is 4.32. The molecular formula is C13H9BrCl2O. The largest absolute Gasteiger partial charge is 0.487 e. The zero-order valence-electron chi connectivity index (χ0n) is 8.79. The summed E-state index contributed by atoms with van der Waals surface area (Å²) in [6.07, 6.45) is 0. The average molecular weight is 332 g/mol. The molecule has 0 aliphatic carbocycles. The first-order chi connectivity index (χ1) is 8.16. The Morgan fingerprint density at radius 3 is 2.59 bits per heavy atom. The average Bonchev–Trinajstić information content (AvgIpc) is 2.32. The molecule has 0 radical (unpaired) electrons. The minimum atomic E-state index is 0.446. The van der Waals surface area contributed by atoms with Crippen LogP contribution < -0.4 is 4.74 Å². The van der Waals surface area contributed by atoms with E-state index < -0.39 is 0 Å². The standard InChI is InChI=1S/C13H9BrCl2O/c14-11-4-2-1-3-9(11)8-17-13-7-10(15)5-6-12(13)16/h1-7H,8H2. The first-order valence-corrected chi connectivity index (χ1v) is 6.53. The van der Waals surface area contributed by atoms with Crippen LogP contribution in [0.4, 0.5) is 0 Å². The van der Waals surface area contributed by atoms with Crippen LogP contribution in [0.1, 0.15) is 5.56 Å². The second-order valence-corrected chi connectivity index (χ2v) is 5.15. The van der Waals surface area contributed by atoms with Gasteiger partial charge in [-0.1, -0.05) is 57.3 Å². The van der Waals surface area contributed by atoms with Crippen molar-refractivity contribution in [1.82, 2.24) is 0 Å². The quantitative estimate of drug-likeness (QED) is 0.738. The SMILES string of the molecule is Clc1ccc(Cl)c(OCc2ccccc2Br)c1.